The zero-order valence-corrected chi connectivity index (χ0v) is 13.0. The Morgan fingerprint density at radius 1 is 1.43 bits per heavy atom. The Morgan fingerprint density at radius 2 is 2.13 bits per heavy atom. The van der Waals surface area contributed by atoms with Gasteiger partial charge in [-0.1, -0.05) is 47.6 Å². The third kappa shape index (κ3) is 3.10. The number of ether oxygens (including phenoxy) is 2. The smallest absolute Gasteiger partial charge is 0.361 e. The maximum absolute atomic E-state index is 13.9. The van der Waals surface area contributed by atoms with Gasteiger partial charge in [-0.15, -0.1) is 0 Å². The largest absolute Gasteiger partial charge is 0.460 e. The highest BCUT2D eigenvalue weighted by atomic mass is 19.1. The zero-order valence-electron chi connectivity index (χ0n) is 13.0. The molecule has 1 fully saturated rings. The molecule has 122 valence electrons. The second-order valence-corrected chi connectivity index (χ2v) is 6.14. The van der Waals surface area contributed by atoms with Gasteiger partial charge in [-0.3, -0.25) is 0 Å². The van der Waals surface area contributed by atoms with Crippen LogP contribution in [0, 0.1) is 11.4 Å². The summed E-state index contributed by atoms with van der Waals surface area (Å²) in [6, 6.07) is 9.05. The number of hydrogen-bond acceptors (Lipinski definition) is 5. The van der Waals surface area contributed by atoms with Gasteiger partial charge in [0.15, 0.2) is 0 Å². The van der Waals surface area contributed by atoms with Crippen LogP contribution < -0.4 is 0 Å². The fourth-order valence-electron chi connectivity index (χ4n) is 2.44. The minimum Gasteiger partial charge on any atom is -0.460 e. The van der Waals surface area contributed by atoms with E-state index in [2.05, 4.69) is 10.3 Å². The first-order valence-electron chi connectivity index (χ1n) is 7.41. The van der Waals surface area contributed by atoms with Crippen molar-refractivity contribution in [2.45, 2.75) is 19.9 Å². The molecule has 0 amide bonds. The molecular weight excluding hydrogens is 301 g/mol. The van der Waals surface area contributed by atoms with Crippen LogP contribution in [0.4, 0.5) is 4.39 Å². The molecule has 1 atom stereocenters. The third-order valence-electron chi connectivity index (χ3n) is 3.95. The summed E-state index contributed by atoms with van der Waals surface area (Å²) in [6.45, 7) is 5.00. The maximum Gasteiger partial charge on any atom is 0.361 e. The van der Waals surface area contributed by atoms with Crippen LogP contribution in [0.15, 0.2) is 30.3 Å². The molecule has 2 heterocycles. The van der Waals surface area contributed by atoms with E-state index in [9.17, 15) is 9.18 Å². The van der Waals surface area contributed by atoms with Crippen molar-refractivity contribution in [3.05, 3.63) is 47.5 Å². The Kier molecular flexibility index (Phi) is 4.12. The van der Waals surface area contributed by atoms with Gasteiger partial charge >= 0.3 is 5.97 Å². The van der Waals surface area contributed by atoms with E-state index in [0.29, 0.717) is 13.2 Å². The molecule has 7 heteroatoms. The van der Waals surface area contributed by atoms with Crippen LogP contribution in [-0.4, -0.2) is 40.8 Å². The minimum absolute atomic E-state index is 0.177. The van der Waals surface area contributed by atoms with Crippen LogP contribution in [0.25, 0.3) is 0 Å². The Labute approximate surface area is 133 Å². The number of benzene rings is 1. The monoisotopic (exact) mass is 319 g/mol. The van der Waals surface area contributed by atoms with E-state index in [-0.39, 0.29) is 23.8 Å². The summed E-state index contributed by atoms with van der Waals surface area (Å²) in [6.07, 6.45) is 0. The zero-order chi connectivity index (χ0) is 16.4. The van der Waals surface area contributed by atoms with E-state index in [4.69, 9.17) is 9.47 Å². The van der Waals surface area contributed by atoms with E-state index in [1.165, 1.54) is 4.68 Å². The highest BCUT2D eigenvalue weighted by Gasteiger charge is 2.36. The predicted octanol–water partition coefficient (Wildman–Crippen LogP) is 2.22. The van der Waals surface area contributed by atoms with Crippen LogP contribution in [0.1, 0.15) is 35.9 Å². The molecule has 0 unspecified atom stereocenters. The summed E-state index contributed by atoms with van der Waals surface area (Å²) in [5.74, 6) is -1.68. The van der Waals surface area contributed by atoms with Crippen molar-refractivity contribution in [2.24, 2.45) is 5.41 Å². The van der Waals surface area contributed by atoms with Gasteiger partial charge in [-0.25, -0.2) is 9.48 Å². The number of aromatic nitrogens is 3. The van der Waals surface area contributed by atoms with Gasteiger partial charge in [0.2, 0.25) is 5.69 Å². The van der Waals surface area contributed by atoms with Crippen molar-refractivity contribution in [1.82, 2.24) is 15.0 Å². The average molecular weight is 319 g/mol. The summed E-state index contributed by atoms with van der Waals surface area (Å²) in [5.41, 5.74) is 0.436. The molecule has 2 aromatic rings. The highest BCUT2D eigenvalue weighted by molar-refractivity contribution is 5.87. The van der Waals surface area contributed by atoms with Gasteiger partial charge in [-0.2, -0.15) is 4.39 Å². The molecule has 3 rings (SSSR count). The Morgan fingerprint density at radius 3 is 2.74 bits per heavy atom. The minimum atomic E-state index is -0.923. The summed E-state index contributed by atoms with van der Waals surface area (Å²) in [7, 11) is 0. The third-order valence-corrected chi connectivity index (χ3v) is 3.95. The quantitative estimate of drug-likeness (QED) is 0.791. The van der Waals surface area contributed by atoms with Crippen LogP contribution in [0.5, 0.6) is 0 Å². The molecular formula is C16H18FN3O3. The summed E-state index contributed by atoms with van der Waals surface area (Å²) in [5, 5.41) is 7.14. The van der Waals surface area contributed by atoms with Gasteiger partial charge < -0.3 is 9.47 Å². The van der Waals surface area contributed by atoms with Gasteiger partial charge in [0.25, 0.3) is 5.95 Å². The Bertz CT molecular complexity index is 698. The van der Waals surface area contributed by atoms with Gasteiger partial charge in [-0.05, 0) is 12.5 Å². The topological polar surface area (TPSA) is 66.2 Å². The lowest BCUT2D eigenvalue weighted by molar-refractivity contribution is -0.127. The molecule has 1 saturated heterocycles. The predicted molar refractivity (Wildman–Crippen MR) is 79.4 cm³/mol. The first-order valence-corrected chi connectivity index (χ1v) is 7.41. The van der Waals surface area contributed by atoms with E-state index in [1.807, 2.05) is 44.2 Å². The fraction of sp³-hybridized carbons (Fsp3) is 0.438. The Hall–Kier alpha value is -2.28. The van der Waals surface area contributed by atoms with Crippen molar-refractivity contribution in [3.8, 4) is 0 Å². The normalized spacial score (nSPS) is 17.3. The van der Waals surface area contributed by atoms with E-state index in [0.717, 1.165) is 5.56 Å². The second kappa shape index (κ2) is 6.08. The van der Waals surface area contributed by atoms with Gasteiger partial charge in [0.05, 0.1) is 19.3 Å². The molecule has 0 radical (unpaired) electrons. The van der Waals surface area contributed by atoms with Crippen molar-refractivity contribution < 1.29 is 18.7 Å². The van der Waals surface area contributed by atoms with Crippen molar-refractivity contribution in [2.75, 3.05) is 19.8 Å². The molecule has 0 bridgehead atoms. The molecule has 1 aliphatic heterocycles. The summed E-state index contributed by atoms with van der Waals surface area (Å²) < 4.78 is 25.5. The van der Waals surface area contributed by atoms with Gasteiger partial charge in [0, 0.05) is 5.41 Å². The van der Waals surface area contributed by atoms with Crippen molar-refractivity contribution >= 4 is 5.97 Å². The highest BCUT2D eigenvalue weighted by Crippen LogP contribution is 2.27. The van der Waals surface area contributed by atoms with Gasteiger partial charge in [0.1, 0.15) is 6.61 Å². The van der Waals surface area contributed by atoms with Crippen molar-refractivity contribution in [1.29, 1.82) is 0 Å². The molecule has 1 aliphatic rings. The molecule has 0 N–H and O–H groups in total. The number of rotatable bonds is 5. The van der Waals surface area contributed by atoms with Crippen molar-refractivity contribution in [3.63, 3.8) is 0 Å². The Balaban J connectivity index is 1.79. The molecule has 23 heavy (non-hydrogen) atoms. The lowest BCUT2D eigenvalue weighted by Crippen LogP contribution is -2.44. The molecule has 1 aromatic heterocycles. The first kappa shape index (κ1) is 15.6. The number of carbonyl (C=O) groups excluding carboxylic acids is 1. The molecule has 0 aliphatic carbocycles. The van der Waals surface area contributed by atoms with Crippen LogP contribution >= 0.6 is 0 Å². The standard InChI is InChI=1S/C16H18FN3O3/c1-11(12-6-4-3-5-7-12)20-13(14(17)18-19-20)15(21)23-10-16(2)8-22-9-16/h3-7,11H,8-10H2,1-2H3/t11-/m1/s1. The second-order valence-electron chi connectivity index (χ2n) is 6.14. The number of hydrogen-bond donors (Lipinski definition) is 0. The van der Waals surface area contributed by atoms with E-state index < -0.39 is 11.9 Å². The van der Waals surface area contributed by atoms with Crippen LogP contribution in [-0.2, 0) is 9.47 Å². The maximum atomic E-state index is 13.9. The molecule has 1 aromatic carbocycles. The summed E-state index contributed by atoms with van der Waals surface area (Å²) in [4.78, 5) is 12.3. The van der Waals surface area contributed by atoms with Crippen LogP contribution in [0.3, 0.4) is 0 Å². The first-order chi connectivity index (χ1) is 11.0. The molecule has 6 nitrogen and oxygen atoms in total. The number of carbonyl (C=O) groups is 1. The number of halogens is 1. The number of esters is 1. The summed E-state index contributed by atoms with van der Waals surface area (Å²) >= 11 is 0. The fourth-order valence-corrected chi connectivity index (χ4v) is 2.44. The average Bonchev–Trinajstić information content (AvgIpc) is 2.92. The lowest BCUT2D eigenvalue weighted by atomic mass is 9.90. The lowest BCUT2D eigenvalue weighted by Gasteiger charge is -2.37. The molecule has 0 spiro atoms. The molecule has 0 saturated carbocycles. The van der Waals surface area contributed by atoms with E-state index >= 15 is 0 Å². The number of nitrogens with zero attached hydrogens (tertiary/aromatic N) is 3. The van der Waals surface area contributed by atoms with Crippen LogP contribution in [0.2, 0.25) is 0 Å². The SMILES string of the molecule is C[C@H](c1ccccc1)n1nnc(F)c1C(=O)OCC1(C)COC1. The van der Waals surface area contributed by atoms with E-state index in [1.54, 1.807) is 0 Å².